The third-order valence-corrected chi connectivity index (χ3v) is 4.13. The minimum Gasteiger partial charge on any atom is -0.506 e. The molecule has 0 heterocycles. The van der Waals surface area contributed by atoms with Gasteiger partial charge in [0.15, 0.2) is 6.10 Å². The number of para-hydroxylation sites is 2. The quantitative estimate of drug-likeness (QED) is 0.601. The highest BCUT2D eigenvalue weighted by Gasteiger charge is 2.23. The van der Waals surface area contributed by atoms with Gasteiger partial charge < -0.3 is 19.9 Å². The molecule has 0 aliphatic heterocycles. The second-order valence-corrected chi connectivity index (χ2v) is 6.09. The van der Waals surface area contributed by atoms with E-state index in [1.165, 1.54) is 37.3 Å². The van der Waals surface area contributed by atoms with Crippen LogP contribution in [0.3, 0.4) is 0 Å². The Morgan fingerprint density at radius 2 is 1.69 bits per heavy atom. The Bertz CT molecular complexity index is 1050. The number of fused-ring (bicyclic) bond motifs is 1. The van der Waals surface area contributed by atoms with Crippen molar-refractivity contribution in [3.63, 3.8) is 0 Å². The molecule has 6 nitrogen and oxygen atoms in total. The van der Waals surface area contributed by atoms with Gasteiger partial charge >= 0.3 is 12.6 Å². The van der Waals surface area contributed by atoms with Gasteiger partial charge in [-0.25, -0.2) is 4.79 Å². The fourth-order valence-corrected chi connectivity index (χ4v) is 2.70. The molecule has 0 aliphatic rings. The van der Waals surface area contributed by atoms with Crippen molar-refractivity contribution in [3.8, 4) is 11.5 Å². The highest BCUT2D eigenvalue weighted by atomic mass is 19.3. The van der Waals surface area contributed by atoms with Crippen LogP contribution < -0.4 is 10.1 Å². The molecule has 0 bridgehead atoms. The van der Waals surface area contributed by atoms with Gasteiger partial charge in [0.05, 0.1) is 5.69 Å². The number of aromatic hydroxyl groups is 1. The number of alkyl halides is 2. The zero-order valence-corrected chi connectivity index (χ0v) is 15.3. The number of esters is 1. The highest BCUT2D eigenvalue weighted by Crippen LogP contribution is 2.29. The molecule has 29 heavy (non-hydrogen) atoms. The number of hydrogen-bond donors (Lipinski definition) is 2. The minimum atomic E-state index is -3.06. The van der Waals surface area contributed by atoms with E-state index in [9.17, 15) is 23.5 Å². The third kappa shape index (κ3) is 4.60. The van der Waals surface area contributed by atoms with Gasteiger partial charge in [0.1, 0.15) is 17.1 Å². The second-order valence-electron chi connectivity index (χ2n) is 6.09. The van der Waals surface area contributed by atoms with Gasteiger partial charge in [-0.1, -0.05) is 42.5 Å². The van der Waals surface area contributed by atoms with Crippen LogP contribution in [0.1, 0.15) is 17.3 Å². The van der Waals surface area contributed by atoms with E-state index in [1.54, 1.807) is 30.3 Å². The van der Waals surface area contributed by atoms with Crippen LogP contribution in [0.25, 0.3) is 10.8 Å². The van der Waals surface area contributed by atoms with E-state index in [-0.39, 0.29) is 22.7 Å². The minimum absolute atomic E-state index is 0.00857. The maximum Gasteiger partial charge on any atom is 0.387 e. The summed E-state index contributed by atoms with van der Waals surface area (Å²) in [7, 11) is 0. The first-order valence-corrected chi connectivity index (χ1v) is 8.63. The smallest absolute Gasteiger partial charge is 0.387 e. The summed E-state index contributed by atoms with van der Waals surface area (Å²) in [5.74, 6) is -2.12. The SMILES string of the molecule is C[C@H](OC(=O)c1ccc2ccccc2c1O)C(=O)Nc1ccccc1OC(F)F. The van der Waals surface area contributed by atoms with Gasteiger partial charge in [0.2, 0.25) is 0 Å². The van der Waals surface area contributed by atoms with Crippen molar-refractivity contribution in [1.29, 1.82) is 0 Å². The first-order valence-electron chi connectivity index (χ1n) is 8.63. The summed E-state index contributed by atoms with van der Waals surface area (Å²) in [6.45, 7) is -1.73. The van der Waals surface area contributed by atoms with Crippen LogP contribution in [0.15, 0.2) is 60.7 Å². The molecule has 3 aromatic rings. The topological polar surface area (TPSA) is 84.9 Å². The molecule has 3 rings (SSSR count). The van der Waals surface area contributed by atoms with E-state index in [4.69, 9.17) is 4.74 Å². The average Bonchev–Trinajstić information content (AvgIpc) is 2.69. The number of carbonyl (C=O) groups is 2. The molecule has 0 aliphatic carbocycles. The third-order valence-electron chi connectivity index (χ3n) is 4.13. The predicted octanol–water partition coefficient (Wildman–Crippen LogP) is 4.33. The number of nitrogens with one attached hydrogen (secondary N) is 1. The Morgan fingerprint density at radius 1 is 1.00 bits per heavy atom. The van der Waals surface area contributed by atoms with Gasteiger partial charge in [-0.2, -0.15) is 8.78 Å². The number of phenolic OH excluding ortho intramolecular Hbond substituents is 1. The lowest BCUT2D eigenvalue weighted by atomic mass is 10.1. The van der Waals surface area contributed by atoms with E-state index >= 15 is 0 Å². The summed E-state index contributed by atoms with van der Waals surface area (Å²) < 4.78 is 34.4. The van der Waals surface area contributed by atoms with Crippen LogP contribution in [0.4, 0.5) is 14.5 Å². The zero-order chi connectivity index (χ0) is 21.0. The predicted molar refractivity (Wildman–Crippen MR) is 102 cm³/mol. The molecule has 150 valence electrons. The van der Waals surface area contributed by atoms with Crippen molar-refractivity contribution in [2.45, 2.75) is 19.6 Å². The van der Waals surface area contributed by atoms with Crippen molar-refractivity contribution >= 4 is 28.3 Å². The first-order chi connectivity index (χ1) is 13.9. The van der Waals surface area contributed by atoms with Crippen LogP contribution in [0, 0.1) is 0 Å². The fraction of sp³-hybridized carbons (Fsp3) is 0.143. The maximum atomic E-state index is 12.5. The molecular formula is C21H17F2NO5. The number of benzene rings is 3. The Balaban J connectivity index is 1.72. The Labute approximate surface area is 164 Å². The summed E-state index contributed by atoms with van der Waals surface area (Å²) in [5.41, 5.74) is -0.0842. The molecule has 3 aromatic carbocycles. The van der Waals surface area contributed by atoms with Crippen molar-refractivity contribution in [2.75, 3.05) is 5.32 Å². The van der Waals surface area contributed by atoms with Crippen LogP contribution in [0.2, 0.25) is 0 Å². The maximum absolute atomic E-state index is 12.5. The van der Waals surface area contributed by atoms with E-state index < -0.39 is 24.6 Å². The van der Waals surface area contributed by atoms with E-state index in [0.717, 1.165) is 5.39 Å². The first kappa shape index (κ1) is 20.1. The fourth-order valence-electron chi connectivity index (χ4n) is 2.70. The summed E-state index contributed by atoms with van der Waals surface area (Å²) in [6.07, 6.45) is -1.26. The van der Waals surface area contributed by atoms with Gasteiger partial charge in [0, 0.05) is 5.39 Å². The van der Waals surface area contributed by atoms with Crippen LogP contribution >= 0.6 is 0 Å². The Morgan fingerprint density at radius 3 is 2.45 bits per heavy atom. The van der Waals surface area contributed by atoms with Gasteiger partial charge in [-0.05, 0) is 30.5 Å². The lowest BCUT2D eigenvalue weighted by Gasteiger charge is -2.16. The van der Waals surface area contributed by atoms with Crippen LogP contribution in [-0.2, 0) is 9.53 Å². The normalized spacial score (nSPS) is 11.9. The lowest BCUT2D eigenvalue weighted by Crippen LogP contribution is -2.30. The van der Waals surface area contributed by atoms with E-state index in [1.807, 2.05) is 0 Å². The molecule has 0 aromatic heterocycles. The molecule has 2 N–H and O–H groups in total. The molecule has 0 unspecified atom stereocenters. The van der Waals surface area contributed by atoms with Crippen molar-refractivity contribution < 1.29 is 33.0 Å². The van der Waals surface area contributed by atoms with Crippen molar-refractivity contribution in [1.82, 2.24) is 0 Å². The van der Waals surface area contributed by atoms with Gasteiger partial charge in [-0.15, -0.1) is 0 Å². The summed E-state index contributed by atoms with van der Waals surface area (Å²) in [6, 6.07) is 15.6. The van der Waals surface area contributed by atoms with Crippen LogP contribution in [0.5, 0.6) is 11.5 Å². The van der Waals surface area contributed by atoms with Crippen molar-refractivity contribution in [3.05, 3.63) is 66.2 Å². The molecular weight excluding hydrogens is 384 g/mol. The number of anilines is 1. The Hall–Kier alpha value is -3.68. The summed E-state index contributed by atoms with van der Waals surface area (Å²) in [4.78, 5) is 24.7. The Kier molecular flexibility index (Phi) is 5.92. The number of phenols is 1. The molecule has 0 saturated heterocycles. The molecule has 1 atom stereocenters. The van der Waals surface area contributed by atoms with E-state index in [2.05, 4.69) is 10.1 Å². The average molecular weight is 401 g/mol. The summed E-state index contributed by atoms with van der Waals surface area (Å²) in [5, 5.41) is 13.9. The number of amides is 1. The largest absolute Gasteiger partial charge is 0.506 e. The molecule has 0 fully saturated rings. The van der Waals surface area contributed by atoms with Gasteiger partial charge in [0.25, 0.3) is 5.91 Å². The number of hydrogen-bond acceptors (Lipinski definition) is 5. The summed E-state index contributed by atoms with van der Waals surface area (Å²) >= 11 is 0. The lowest BCUT2D eigenvalue weighted by molar-refractivity contribution is -0.123. The highest BCUT2D eigenvalue weighted by molar-refractivity contribution is 6.03. The monoisotopic (exact) mass is 401 g/mol. The molecule has 0 spiro atoms. The number of ether oxygens (including phenoxy) is 2. The number of rotatable bonds is 6. The van der Waals surface area contributed by atoms with Crippen molar-refractivity contribution in [2.24, 2.45) is 0 Å². The standard InChI is InChI=1S/C21H17F2NO5/c1-12(19(26)24-16-8-4-5-9-17(16)29-21(22)23)28-20(27)15-11-10-13-6-2-3-7-14(13)18(15)25/h2-12,21,25H,1H3,(H,24,26)/t12-/m0/s1. The second kappa shape index (κ2) is 8.55. The zero-order valence-electron chi connectivity index (χ0n) is 15.3. The molecule has 1 amide bonds. The number of halogens is 2. The van der Waals surface area contributed by atoms with Crippen LogP contribution in [-0.4, -0.2) is 29.7 Å². The number of carbonyl (C=O) groups excluding carboxylic acids is 2. The molecule has 0 radical (unpaired) electrons. The molecule has 8 heteroatoms. The molecule has 0 saturated carbocycles. The van der Waals surface area contributed by atoms with Gasteiger partial charge in [-0.3, -0.25) is 4.79 Å². The van der Waals surface area contributed by atoms with E-state index in [0.29, 0.717) is 5.39 Å².